The lowest BCUT2D eigenvalue weighted by Gasteiger charge is -2.17. The number of hydrogen-bond acceptors (Lipinski definition) is 4. The molecule has 0 bridgehead atoms. The molecule has 0 radical (unpaired) electrons. The summed E-state index contributed by atoms with van der Waals surface area (Å²) in [6, 6.07) is 9.68. The summed E-state index contributed by atoms with van der Waals surface area (Å²) in [6.07, 6.45) is 1.66. The number of hydrogen-bond donors (Lipinski definition) is 0. The van der Waals surface area contributed by atoms with E-state index in [1.54, 1.807) is 24.3 Å². The first kappa shape index (κ1) is 16.1. The summed E-state index contributed by atoms with van der Waals surface area (Å²) in [4.78, 5) is 23.8. The summed E-state index contributed by atoms with van der Waals surface area (Å²) < 4.78 is 0. The van der Waals surface area contributed by atoms with Gasteiger partial charge in [0.25, 0.3) is 5.69 Å². The van der Waals surface area contributed by atoms with E-state index in [4.69, 9.17) is 23.2 Å². The van der Waals surface area contributed by atoms with Crippen LogP contribution in [0.1, 0.15) is 15.9 Å². The fraction of sp³-hybridized carbons (Fsp3) is 0.0625. The van der Waals surface area contributed by atoms with Crippen molar-refractivity contribution in [3.63, 3.8) is 0 Å². The lowest BCUT2D eigenvalue weighted by molar-refractivity contribution is -0.384. The van der Waals surface area contributed by atoms with Gasteiger partial charge in [0, 0.05) is 32.9 Å². The van der Waals surface area contributed by atoms with E-state index in [9.17, 15) is 14.9 Å². The first-order chi connectivity index (χ1) is 11.0. The van der Waals surface area contributed by atoms with Crippen molar-refractivity contribution < 1.29 is 9.72 Å². The van der Waals surface area contributed by atoms with Gasteiger partial charge < -0.3 is 0 Å². The van der Waals surface area contributed by atoms with Crippen LogP contribution in [0.4, 0.5) is 5.69 Å². The number of fused-ring (bicyclic) bond motifs is 1. The van der Waals surface area contributed by atoms with Crippen molar-refractivity contribution in [2.24, 2.45) is 0 Å². The Labute approximate surface area is 146 Å². The lowest BCUT2D eigenvalue weighted by Crippen LogP contribution is -2.12. The summed E-state index contributed by atoms with van der Waals surface area (Å²) >= 11 is 13.3. The van der Waals surface area contributed by atoms with Gasteiger partial charge in [0.05, 0.1) is 4.92 Å². The molecule has 0 spiro atoms. The number of carbonyl (C=O) groups is 1. The fourth-order valence-electron chi connectivity index (χ4n) is 2.27. The maximum atomic E-state index is 12.6. The van der Waals surface area contributed by atoms with Crippen molar-refractivity contribution in [2.75, 3.05) is 5.75 Å². The van der Waals surface area contributed by atoms with Gasteiger partial charge >= 0.3 is 0 Å². The molecule has 0 aromatic heterocycles. The number of nitro groups is 1. The molecule has 0 saturated carbocycles. The van der Waals surface area contributed by atoms with Crippen molar-refractivity contribution in [2.45, 2.75) is 4.90 Å². The lowest BCUT2D eigenvalue weighted by atomic mass is 10.0. The molecule has 0 atom stereocenters. The molecule has 3 rings (SSSR count). The highest BCUT2D eigenvalue weighted by Gasteiger charge is 2.23. The average Bonchev–Trinajstić information content (AvgIpc) is 2.52. The topological polar surface area (TPSA) is 60.2 Å². The molecule has 1 heterocycles. The maximum Gasteiger partial charge on any atom is 0.288 e. The Morgan fingerprint density at radius 3 is 2.70 bits per heavy atom. The molecule has 1 aliphatic rings. The Bertz CT molecular complexity index is 864. The molecule has 0 amide bonds. The van der Waals surface area contributed by atoms with Crippen LogP contribution in [0, 0.1) is 10.1 Å². The summed E-state index contributed by atoms with van der Waals surface area (Å²) in [5.74, 6) is 0.392. The highest BCUT2D eigenvalue weighted by Crippen LogP contribution is 2.35. The van der Waals surface area contributed by atoms with Crippen LogP contribution >= 0.6 is 35.0 Å². The van der Waals surface area contributed by atoms with Crippen molar-refractivity contribution >= 4 is 52.5 Å². The van der Waals surface area contributed by atoms with Crippen LogP contribution in [0.5, 0.6) is 0 Å². The second-order valence-corrected chi connectivity index (χ2v) is 6.76. The van der Waals surface area contributed by atoms with E-state index in [1.807, 2.05) is 6.07 Å². The van der Waals surface area contributed by atoms with Crippen molar-refractivity contribution in [3.8, 4) is 0 Å². The zero-order valence-corrected chi connectivity index (χ0v) is 13.9. The summed E-state index contributed by atoms with van der Waals surface area (Å²) in [6.45, 7) is 0. The van der Waals surface area contributed by atoms with Crippen LogP contribution in [0.25, 0.3) is 6.08 Å². The SMILES string of the molecule is O=C1C(=Cc2ccc(Cl)c([N+](=O)[O-])c2)CSc2ccc(Cl)cc21. The van der Waals surface area contributed by atoms with E-state index in [-0.39, 0.29) is 16.5 Å². The van der Waals surface area contributed by atoms with E-state index in [0.717, 1.165) is 4.90 Å². The Morgan fingerprint density at radius 1 is 1.17 bits per heavy atom. The number of ketones is 1. The Kier molecular flexibility index (Phi) is 4.43. The third-order valence-corrected chi connectivity index (χ3v) is 5.05. The predicted molar refractivity (Wildman–Crippen MR) is 92.6 cm³/mol. The largest absolute Gasteiger partial charge is 0.289 e. The van der Waals surface area contributed by atoms with Gasteiger partial charge in [-0.3, -0.25) is 14.9 Å². The van der Waals surface area contributed by atoms with E-state index < -0.39 is 4.92 Å². The molecular formula is C16H9Cl2NO3S. The second kappa shape index (κ2) is 6.35. The molecule has 1 aliphatic heterocycles. The van der Waals surface area contributed by atoms with Gasteiger partial charge in [-0.1, -0.05) is 29.3 Å². The number of nitrogens with zero attached hydrogens (tertiary/aromatic N) is 1. The number of benzene rings is 2. The number of thioether (sulfide) groups is 1. The number of nitro benzene ring substituents is 1. The average molecular weight is 366 g/mol. The fourth-order valence-corrected chi connectivity index (χ4v) is 3.62. The van der Waals surface area contributed by atoms with Gasteiger partial charge in [-0.15, -0.1) is 11.8 Å². The summed E-state index contributed by atoms with van der Waals surface area (Å²) in [5.41, 5.74) is 1.51. The molecule has 2 aromatic rings. The molecule has 0 unspecified atom stereocenters. The van der Waals surface area contributed by atoms with E-state index in [1.165, 1.54) is 23.9 Å². The highest BCUT2D eigenvalue weighted by molar-refractivity contribution is 7.99. The smallest absolute Gasteiger partial charge is 0.288 e. The molecule has 0 aliphatic carbocycles. The minimum absolute atomic E-state index is 0.0682. The highest BCUT2D eigenvalue weighted by atomic mass is 35.5. The van der Waals surface area contributed by atoms with Gasteiger partial charge in [-0.2, -0.15) is 0 Å². The van der Waals surface area contributed by atoms with Gasteiger partial charge in [0.1, 0.15) is 5.02 Å². The van der Waals surface area contributed by atoms with Crippen molar-refractivity contribution in [1.82, 2.24) is 0 Å². The van der Waals surface area contributed by atoms with Crippen LogP contribution in [0.2, 0.25) is 10.0 Å². The molecule has 2 aromatic carbocycles. The number of Topliss-reactive ketones (excluding diaryl/α,β-unsaturated/α-hetero) is 1. The Balaban J connectivity index is 2.00. The van der Waals surface area contributed by atoms with Crippen molar-refractivity contribution in [1.29, 1.82) is 0 Å². The minimum Gasteiger partial charge on any atom is -0.289 e. The molecule has 4 nitrogen and oxygen atoms in total. The number of rotatable bonds is 2. The number of halogens is 2. The molecular weight excluding hydrogens is 357 g/mol. The van der Waals surface area contributed by atoms with E-state index in [2.05, 4.69) is 0 Å². The van der Waals surface area contributed by atoms with Crippen LogP contribution < -0.4 is 0 Å². The zero-order valence-electron chi connectivity index (χ0n) is 11.6. The van der Waals surface area contributed by atoms with Crippen LogP contribution in [-0.2, 0) is 0 Å². The third kappa shape index (κ3) is 3.27. The predicted octanol–water partition coefficient (Wildman–Crippen LogP) is 5.27. The Morgan fingerprint density at radius 2 is 1.96 bits per heavy atom. The van der Waals surface area contributed by atoms with Gasteiger partial charge in [-0.05, 0) is 35.9 Å². The van der Waals surface area contributed by atoms with Gasteiger partial charge in [0.2, 0.25) is 0 Å². The Hall–Kier alpha value is -1.82. The van der Waals surface area contributed by atoms with Crippen LogP contribution in [0.3, 0.4) is 0 Å². The summed E-state index contributed by atoms with van der Waals surface area (Å²) in [7, 11) is 0. The summed E-state index contributed by atoms with van der Waals surface area (Å²) in [5, 5.41) is 11.5. The second-order valence-electron chi connectivity index (χ2n) is 4.90. The monoisotopic (exact) mass is 365 g/mol. The first-order valence-corrected chi connectivity index (χ1v) is 8.31. The van der Waals surface area contributed by atoms with E-state index in [0.29, 0.717) is 27.5 Å². The standard InChI is InChI=1S/C16H9Cl2NO3S/c17-11-2-4-15-12(7-11)16(20)10(8-23-15)5-9-1-3-13(18)14(6-9)19(21)22/h1-7H,8H2. The normalized spacial score (nSPS) is 15.6. The first-order valence-electron chi connectivity index (χ1n) is 6.57. The molecule has 0 N–H and O–H groups in total. The minimum atomic E-state index is -0.545. The van der Waals surface area contributed by atoms with E-state index >= 15 is 0 Å². The van der Waals surface area contributed by atoms with Gasteiger partial charge in [0.15, 0.2) is 5.78 Å². The maximum absolute atomic E-state index is 12.6. The molecule has 0 fully saturated rings. The van der Waals surface area contributed by atoms with Gasteiger partial charge in [-0.25, -0.2) is 0 Å². The molecule has 7 heteroatoms. The quantitative estimate of drug-likeness (QED) is 0.413. The molecule has 23 heavy (non-hydrogen) atoms. The zero-order chi connectivity index (χ0) is 16.6. The third-order valence-electron chi connectivity index (χ3n) is 3.37. The number of carbonyl (C=O) groups excluding carboxylic acids is 1. The molecule has 0 saturated heterocycles. The van der Waals surface area contributed by atoms with Crippen LogP contribution in [-0.4, -0.2) is 16.5 Å². The molecule has 116 valence electrons. The van der Waals surface area contributed by atoms with Crippen LogP contribution in [0.15, 0.2) is 46.9 Å². The van der Waals surface area contributed by atoms with Crippen molar-refractivity contribution in [3.05, 3.63) is 73.3 Å².